The fraction of sp³-hybridized carbons (Fsp3) is 0.308. The number of halogens is 3. The van der Waals surface area contributed by atoms with Crippen molar-refractivity contribution in [3.63, 3.8) is 0 Å². The lowest BCUT2D eigenvalue weighted by molar-refractivity contribution is -0.145. The molecule has 2 aliphatic heterocycles. The van der Waals surface area contributed by atoms with Gasteiger partial charge < -0.3 is 19.2 Å². The van der Waals surface area contributed by atoms with Gasteiger partial charge in [-0.3, -0.25) is 14.4 Å². The minimum absolute atomic E-state index is 0.180. The molecule has 1 fully saturated rings. The molecule has 5 rings (SSSR count). The molecule has 3 heterocycles. The first-order valence-corrected chi connectivity index (χ1v) is 13.6. The van der Waals surface area contributed by atoms with E-state index in [1.165, 1.54) is 25.3 Å². The standard InChI is InChI=1S/C26H21F3N2O7S2/c1-3-37-17(32)11-38-15-9-8-12(10-16(15)36-2)18-19-21(39-22-20(18)40-25(35)30-22)24(34)31(23(19)33)14-7-5-4-6-13(14)26(27,28)29/h4-10,18-19,21H,3,11H2,1-2H3,(H,30,35)/t18-,19?,21?/m1/s1. The summed E-state index contributed by atoms with van der Waals surface area (Å²) in [6.45, 7) is 1.46. The first-order chi connectivity index (χ1) is 19.0. The molecule has 0 bridgehead atoms. The van der Waals surface area contributed by atoms with Gasteiger partial charge in [0.1, 0.15) is 5.25 Å². The summed E-state index contributed by atoms with van der Waals surface area (Å²) in [5.41, 5.74) is -1.18. The second-order valence-electron chi connectivity index (χ2n) is 8.78. The Morgan fingerprint density at radius 1 is 1.07 bits per heavy atom. The van der Waals surface area contributed by atoms with E-state index in [1.807, 2.05) is 0 Å². The zero-order chi connectivity index (χ0) is 28.8. The zero-order valence-electron chi connectivity index (χ0n) is 20.9. The molecule has 2 unspecified atom stereocenters. The number of fused-ring (bicyclic) bond motifs is 2. The number of aromatic nitrogens is 1. The predicted octanol–water partition coefficient (Wildman–Crippen LogP) is 4.20. The van der Waals surface area contributed by atoms with Crippen LogP contribution in [-0.4, -0.2) is 48.3 Å². The maximum Gasteiger partial charge on any atom is 0.418 e. The molecule has 0 saturated carbocycles. The number of carbonyl (C=O) groups excluding carboxylic acids is 3. The van der Waals surface area contributed by atoms with Gasteiger partial charge in [0.2, 0.25) is 11.8 Å². The Hall–Kier alpha value is -3.78. The van der Waals surface area contributed by atoms with Crippen LogP contribution >= 0.6 is 23.1 Å². The summed E-state index contributed by atoms with van der Waals surface area (Å²) in [4.78, 5) is 54.7. The summed E-state index contributed by atoms with van der Waals surface area (Å²) < 4.78 is 57.2. The number of carbonyl (C=O) groups is 3. The third-order valence-electron chi connectivity index (χ3n) is 6.47. The molecule has 0 aliphatic carbocycles. The number of ether oxygens (including phenoxy) is 3. The van der Waals surface area contributed by atoms with Gasteiger partial charge in [-0.2, -0.15) is 13.2 Å². The monoisotopic (exact) mass is 594 g/mol. The number of rotatable bonds is 7. The number of benzene rings is 2. The number of nitrogens with one attached hydrogen (secondary N) is 1. The van der Waals surface area contributed by atoms with Crippen LogP contribution in [0.3, 0.4) is 0 Å². The lowest BCUT2D eigenvalue weighted by atomic mass is 9.83. The maximum atomic E-state index is 13.8. The molecular weight excluding hydrogens is 573 g/mol. The Labute approximate surface area is 233 Å². The van der Waals surface area contributed by atoms with Crippen LogP contribution in [0, 0.1) is 5.92 Å². The van der Waals surface area contributed by atoms with E-state index in [2.05, 4.69) is 4.98 Å². The van der Waals surface area contributed by atoms with E-state index in [-0.39, 0.29) is 24.7 Å². The fourth-order valence-electron chi connectivity index (χ4n) is 4.86. The molecule has 40 heavy (non-hydrogen) atoms. The van der Waals surface area contributed by atoms with Crippen molar-refractivity contribution in [3.8, 4) is 11.5 Å². The van der Waals surface area contributed by atoms with Gasteiger partial charge >= 0.3 is 17.0 Å². The smallest absolute Gasteiger partial charge is 0.418 e. The number of anilines is 1. The quantitative estimate of drug-likeness (QED) is 0.320. The summed E-state index contributed by atoms with van der Waals surface area (Å²) in [6, 6.07) is 9.07. The van der Waals surface area contributed by atoms with Crippen molar-refractivity contribution >= 4 is 46.6 Å². The van der Waals surface area contributed by atoms with Gasteiger partial charge in [0, 0.05) is 10.8 Å². The molecule has 1 N–H and O–H groups in total. The number of esters is 1. The summed E-state index contributed by atoms with van der Waals surface area (Å²) in [6.07, 6.45) is -4.80. The second-order valence-corrected chi connectivity index (χ2v) is 10.9. The number of imide groups is 1. The Morgan fingerprint density at radius 3 is 2.52 bits per heavy atom. The number of aromatic amines is 1. The molecule has 2 amide bonds. The van der Waals surface area contributed by atoms with Crippen LogP contribution in [0.15, 0.2) is 52.3 Å². The first kappa shape index (κ1) is 27.8. The van der Waals surface area contributed by atoms with E-state index >= 15 is 0 Å². The largest absolute Gasteiger partial charge is 0.493 e. The highest BCUT2D eigenvalue weighted by molar-refractivity contribution is 8.00. The number of amides is 2. The number of alkyl halides is 3. The van der Waals surface area contributed by atoms with Crippen molar-refractivity contribution in [2.75, 3.05) is 25.2 Å². The molecular formula is C26H21F3N2O7S2. The Kier molecular flexibility index (Phi) is 7.40. The SMILES string of the molecule is CCOC(=O)COc1ccc([C@H]2c3sc(=O)[nH]c3SC3C(=O)N(c4ccccc4C(F)(F)F)C(=O)C32)cc1OC. The molecule has 2 aromatic carbocycles. The van der Waals surface area contributed by atoms with Crippen molar-refractivity contribution < 1.29 is 41.8 Å². The Bertz CT molecular complexity index is 1550. The van der Waals surface area contributed by atoms with Crippen molar-refractivity contribution in [1.82, 2.24) is 4.98 Å². The van der Waals surface area contributed by atoms with E-state index in [9.17, 15) is 32.3 Å². The van der Waals surface area contributed by atoms with Gasteiger partial charge in [0.15, 0.2) is 18.1 Å². The molecule has 1 aromatic heterocycles. The third-order valence-corrected chi connectivity index (χ3v) is 8.87. The van der Waals surface area contributed by atoms with Crippen LogP contribution in [0.2, 0.25) is 0 Å². The van der Waals surface area contributed by atoms with Gasteiger partial charge in [0.05, 0.1) is 35.9 Å². The normalized spacial score (nSPS) is 20.2. The minimum atomic E-state index is -4.80. The van der Waals surface area contributed by atoms with E-state index < -0.39 is 57.2 Å². The molecule has 3 atom stereocenters. The van der Waals surface area contributed by atoms with Crippen LogP contribution in [0.5, 0.6) is 11.5 Å². The Morgan fingerprint density at radius 2 is 1.82 bits per heavy atom. The van der Waals surface area contributed by atoms with Crippen LogP contribution < -0.4 is 19.2 Å². The first-order valence-electron chi connectivity index (χ1n) is 11.9. The van der Waals surface area contributed by atoms with Gasteiger partial charge in [-0.1, -0.05) is 41.3 Å². The zero-order valence-corrected chi connectivity index (χ0v) is 22.6. The van der Waals surface area contributed by atoms with Crippen molar-refractivity contribution in [1.29, 1.82) is 0 Å². The predicted molar refractivity (Wildman–Crippen MR) is 139 cm³/mol. The molecule has 1 saturated heterocycles. The molecule has 0 radical (unpaired) electrons. The van der Waals surface area contributed by atoms with Crippen LogP contribution in [-0.2, 0) is 25.3 Å². The van der Waals surface area contributed by atoms with Gasteiger partial charge in [0.25, 0.3) is 0 Å². The highest BCUT2D eigenvalue weighted by Crippen LogP contribution is 2.54. The summed E-state index contributed by atoms with van der Waals surface area (Å²) in [5.74, 6) is -3.74. The summed E-state index contributed by atoms with van der Waals surface area (Å²) in [7, 11) is 1.37. The number of hydrogen-bond acceptors (Lipinski definition) is 9. The van der Waals surface area contributed by atoms with E-state index in [4.69, 9.17) is 14.2 Å². The summed E-state index contributed by atoms with van der Waals surface area (Å²) >= 11 is 1.81. The number of thiazole rings is 1. The molecule has 2 aliphatic rings. The number of methoxy groups -OCH3 is 1. The average Bonchev–Trinajstić information content (AvgIpc) is 3.41. The van der Waals surface area contributed by atoms with Crippen molar-refractivity contribution in [3.05, 3.63) is 68.1 Å². The van der Waals surface area contributed by atoms with Crippen LogP contribution in [0.25, 0.3) is 0 Å². The number of hydrogen-bond donors (Lipinski definition) is 1. The number of para-hydroxylation sites is 1. The molecule has 0 spiro atoms. The van der Waals surface area contributed by atoms with E-state index in [0.717, 1.165) is 35.2 Å². The van der Waals surface area contributed by atoms with Crippen molar-refractivity contribution in [2.24, 2.45) is 5.92 Å². The number of nitrogens with zero attached hydrogens (tertiary/aromatic N) is 1. The molecule has 210 valence electrons. The molecule has 14 heteroatoms. The maximum absolute atomic E-state index is 13.8. The van der Waals surface area contributed by atoms with Gasteiger partial charge in [-0.05, 0) is 36.8 Å². The second kappa shape index (κ2) is 10.7. The van der Waals surface area contributed by atoms with Gasteiger partial charge in [-0.15, -0.1) is 0 Å². The highest BCUT2D eigenvalue weighted by Gasteiger charge is 2.57. The average molecular weight is 595 g/mol. The summed E-state index contributed by atoms with van der Waals surface area (Å²) in [5, 5.41) is -0.711. The van der Waals surface area contributed by atoms with Gasteiger partial charge in [-0.25, -0.2) is 9.69 Å². The molecule has 9 nitrogen and oxygen atoms in total. The third kappa shape index (κ3) is 4.85. The van der Waals surface area contributed by atoms with E-state index in [0.29, 0.717) is 20.4 Å². The molecule has 3 aromatic rings. The number of H-pyrrole nitrogens is 1. The van der Waals surface area contributed by atoms with Crippen molar-refractivity contribution in [2.45, 2.75) is 29.3 Å². The number of thioether (sulfide) groups is 1. The lowest BCUT2D eigenvalue weighted by Crippen LogP contribution is -2.33. The van der Waals surface area contributed by atoms with E-state index in [1.54, 1.807) is 19.1 Å². The Balaban J connectivity index is 1.57. The topological polar surface area (TPSA) is 115 Å². The lowest BCUT2D eigenvalue weighted by Gasteiger charge is -2.30. The van der Waals surface area contributed by atoms with Crippen LogP contribution in [0.4, 0.5) is 18.9 Å². The minimum Gasteiger partial charge on any atom is -0.493 e. The highest BCUT2D eigenvalue weighted by atomic mass is 32.2. The van der Waals surface area contributed by atoms with Crippen LogP contribution in [0.1, 0.15) is 28.8 Å². The fourth-order valence-corrected chi connectivity index (χ4v) is 7.37.